The third-order valence-corrected chi connectivity index (χ3v) is 6.33. The second-order valence-electron chi connectivity index (χ2n) is 9.04. The van der Waals surface area contributed by atoms with E-state index < -0.39 is 0 Å². The molecule has 0 bridgehead atoms. The van der Waals surface area contributed by atoms with Gasteiger partial charge in [-0.15, -0.1) is 20.4 Å². The number of fused-ring (bicyclic) bond motifs is 2. The Labute approximate surface area is 241 Å². The Morgan fingerprint density at radius 2 is 1.39 bits per heavy atom. The second kappa shape index (κ2) is 12.3. The van der Waals surface area contributed by atoms with Gasteiger partial charge in [-0.2, -0.15) is 0 Å². The van der Waals surface area contributed by atoms with Crippen molar-refractivity contribution >= 4 is 57.8 Å². The van der Waals surface area contributed by atoms with Crippen molar-refractivity contribution in [3.63, 3.8) is 0 Å². The van der Waals surface area contributed by atoms with Crippen molar-refractivity contribution < 1.29 is 0 Å². The lowest BCUT2D eigenvalue weighted by Crippen LogP contribution is -2.08. The van der Waals surface area contributed by atoms with E-state index in [4.69, 9.17) is 11.6 Å². The van der Waals surface area contributed by atoms with Crippen molar-refractivity contribution in [1.82, 2.24) is 39.2 Å². The van der Waals surface area contributed by atoms with Crippen LogP contribution in [0.1, 0.15) is 5.56 Å². The van der Waals surface area contributed by atoms with Gasteiger partial charge in [0, 0.05) is 75.9 Å². The number of nitrogens with one attached hydrogen (secondary N) is 4. The van der Waals surface area contributed by atoms with Crippen molar-refractivity contribution in [2.45, 2.75) is 6.54 Å². The predicted octanol–water partition coefficient (Wildman–Crippen LogP) is 4.41. The van der Waals surface area contributed by atoms with Gasteiger partial charge in [-0.1, -0.05) is 23.7 Å². The quantitative estimate of drug-likeness (QED) is 0.207. The van der Waals surface area contributed by atoms with Gasteiger partial charge in [0.25, 0.3) is 0 Å². The molecule has 4 heterocycles. The average Bonchev–Trinajstić information content (AvgIpc) is 3.61. The third kappa shape index (κ3) is 6.20. The molecular weight excluding hydrogens is 542 g/mol. The van der Waals surface area contributed by atoms with E-state index in [0.29, 0.717) is 41.4 Å². The Balaban J connectivity index is 0.000000165. The maximum Gasteiger partial charge on any atom is 0.228 e. The Morgan fingerprint density at radius 3 is 1.98 bits per heavy atom. The van der Waals surface area contributed by atoms with Crippen LogP contribution in [0.5, 0.6) is 0 Å². The standard InChI is InChI=1S/C14H17N7.C13H13ClN6/c1-15-14-19-18-13-12(16-8-9-21(13)14)17-10-4-6-11(7-5-10)20(2)3;1-15-13-19-18-12-11(16-5-6-20(12)13)17-8-9-3-2-4-10(14)7-9/h4-9H,1-3H3,(H,15,19)(H,16,17);2-7H,8H2,1H3,(H,15,19)(H,16,17). The topological polar surface area (TPSA) is 138 Å². The van der Waals surface area contributed by atoms with E-state index in [1.54, 1.807) is 19.4 Å². The van der Waals surface area contributed by atoms with Crippen LogP contribution in [-0.2, 0) is 6.54 Å². The highest BCUT2D eigenvalue weighted by atomic mass is 35.5. The summed E-state index contributed by atoms with van der Waals surface area (Å²) in [4.78, 5) is 10.7. The molecule has 14 heteroatoms. The van der Waals surface area contributed by atoms with Gasteiger partial charge in [-0.05, 0) is 42.0 Å². The van der Waals surface area contributed by atoms with Crippen LogP contribution in [0.4, 0.5) is 34.9 Å². The molecule has 0 aliphatic rings. The smallest absolute Gasteiger partial charge is 0.228 e. The molecule has 2 aromatic carbocycles. The number of rotatable bonds is 8. The first-order valence-corrected chi connectivity index (χ1v) is 13.1. The molecule has 0 amide bonds. The molecule has 13 nitrogen and oxygen atoms in total. The zero-order chi connectivity index (χ0) is 28.8. The van der Waals surface area contributed by atoms with Crippen molar-refractivity contribution in [2.75, 3.05) is 54.4 Å². The van der Waals surface area contributed by atoms with E-state index in [2.05, 4.69) is 56.5 Å². The molecule has 0 saturated carbocycles. The molecule has 0 radical (unpaired) electrons. The van der Waals surface area contributed by atoms with Crippen LogP contribution in [0.25, 0.3) is 11.3 Å². The number of benzene rings is 2. The first-order valence-electron chi connectivity index (χ1n) is 12.7. The average molecular weight is 572 g/mol. The molecule has 6 aromatic rings. The van der Waals surface area contributed by atoms with Gasteiger partial charge < -0.3 is 26.2 Å². The Hall–Kier alpha value is -5.17. The lowest BCUT2D eigenvalue weighted by atomic mass is 10.2. The summed E-state index contributed by atoms with van der Waals surface area (Å²) in [5, 5.41) is 29.6. The van der Waals surface area contributed by atoms with Crippen LogP contribution in [0, 0.1) is 0 Å². The molecule has 0 spiro atoms. The van der Waals surface area contributed by atoms with Gasteiger partial charge in [-0.3, -0.25) is 8.80 Å². The highest BCUT2D eigenvalue weighted by Crippen LogP contribution is 2.22. The molecule has 4 aromatic heterocycles. The van der Waals surface area contributed by atoms with Crippen LogP contribution < -0.4 is 26.2 Å². The Bertz CT molecular complexity index is 1740. The minimum atomic E-state index is 0.620. The zero-order valence-corrected chi connectivity index (χ0v) is 23.8. The minimum absolute atomic E-state index is 0.620. The van der Waals surface area contributed by atoms with E-state index in [9.17, 15) is 0 Å². The summed E-state index contributed by atoms with van der Waals surface area (Å²) < 4.78 is 3.69. The number of hydrogen-bond acceptors (Lipinski definition) is 11. The van der Waals surface area contributed by atoms with Crippen LogP contribution in [-0.4, -0.2) is 67.4 Å². The zero-order valence-electron chi connectivity index (χ0n) is 23.0. The molecule has 6 rings (SSSR count). The molecule has 0 aliphatic heterocycles. The maximum absolute atomic E-state index is 5.97. The fraction of sp³-hybridized carbons (Fsp3) is 0.185. The summed E-state index contributed by atoms with van der Waals surface area (Å²) in [6.07, 6.45) is 7.05. The number of anilines is 6. The molecule has 0 atom stereocenters. The first kappa shape index (κ1) is 27.4. The fourth-order valence-electron chi connectivity index (χ4n) is 4.02. The van der Waals surface area contributed by atoms with Crippen molar-refractivity contribution in [3.05, 3.63) is 83.9 Å². The van der Waals surface area contributed by atoms with Gasteiger partial charge in [-0.25, -0.2) is 9.97 Å². The monoisotopic (exact) mass is 571 g/mol. The van der Waals surface area contributed by atoms with Crippen LogP contribution >= 0.6 is 11.6 Å². The highest BCUT2D eigenvalue weighted by molar-refractivity contribution is 6.30. The largest absolute Gasteiger partial charge is 0.378 e. The van der Waals surface area contributed by atoms with Crippen LogP contribution in [0.2, 0.25) is 5.02 Å². The number of aromatic nitrogens is 8. The Morgan fingerprint density at radius 1 is 0.780 bits per heavy atom. The van der Waals surface area contributed by atoms with E-state index in [-0.39, 0.29) is 0 Å². The minimum Gasteiger partial charge on any atom is -0.378 e. The van der Waals surface area contributed by atoms with E-state index in [1.165, 1.54) is 0 Å². The Kier molecular flexibility index (Phi) is 8.25. The molecule has 0 saturated heterocycles. The van der Waals surface area contributed by atoms with Crippen molar-refractivity contribution in [3.8, 4) is 0 Å². The normalized spacial score (nSPS) is 10.7. The maximum atomic E-state index is 5.97. The first-order chi connectivity index (χ1) is 20.0. The van der Waals surface area contributed by atoms with Gasteiger partial charge in [0.05, 0.1) is 0 Å². The molecule has 4 N–H and O–H groups in total. The van der Waals surface area contributed by atoms with Gasteiger partial charge >= 0.3 is 0 Å². The lowest BCUT2D eigenvalue weighted by molar-refractivity contribution is 1.07. The van der Waals surface area contributed by atoms with E-state index in [0.717, 1.165) is 22.0 Å². The molecule has 0 fully saturated rings. The summed E-state index contributed by atoms with van der Waals surface area (Å²) in [6, 6.07) is 15.8. The third-order valence-electron chi connectivity index (χ3n) is 6.10. The summed E-state index contributed by atoms with van der Waals surface area (Å²) in [7, 11) is 7.64. The lowest BCUT2D eigenvalue weighted by Gasteiger charge is -2.13. The predicted molar refractivity (Wildman–Crippen MR) is 163 cm³/mol. The number of hydrogen-bond donors (Lipinski definition) is 4. The SMILES string of the molecule is CNc1nnc2c(NCc3cccc(Cl)c3)nccn12.CNc1nnc2c(Nc3ccc(N(C)C)cc3)nccn12. The summed E-state index contributed by atoms with van der Waals surface area (Å²) in [5.41, 5.74) is 4.54. The number of nitrogens with zero attached hydrogens (tertiary/aromatic N) is 9. The highest BCUT2D eigenvalue weighted by Gasteiger charge is 2.10. The van der Waals surface area contributed by atoms with Crippen LogP contribution in [0.3, 0.4) is 0 Å². The fourth-order valence-corrected chi connectivity index (χ4v) is 4.23. The molecular formula is C27H30ClN13. The molecule has 41 heavy (non-hydrogen) atoms. The molecule has 210 valence electrons. The molecule has 0 unspecified atom stereocenters. The van der Waals surface area contributed by atoms with E-state index in [1.807, 2.05) is 90.9 Å². The van der Waals surface area contributed by atoms with E-state index >= 15 is 0 Å². The summed E-state index contributed by atoms with van der Waals surface area (Å²) >= 11 is 5.97. The van der Waals surface area contributed by atoms with Crippen molar-refractivity contribution in [2.24, 2.45) is 0 Å². The van der Waals surface area contributed by atoms with Gasteiger partial charge in [0.1, 0.15) is 0 Å². The van der Waals surface area contributed by atoms with Gasteiger partial charge in [0.2, 0.25) is 23.2 Å². The number of halogens is 1. The molecule has 0 aliphatic carbocycles. The summed E-state index contributed by atoms with van der Waals surface area (Å²) in [6.45, 7) is 0.620. The second-order valence-corrected chi connectivity index (χ2v) is 9.47. The van der Waals surface area contributed by atoms with Gasteiger partial charge in [0.15, 0.2) is 11.6 Å². The van der Waals surface area contributed by atoms with Crippen LogP contribution in [0.15, 0.2) is 73.3 Å². The van der Waals surface area contributed by atoms with Crippen molar-refractivity contribution in [1.29, 1.82) is 0 Å². The summed E-state index contributed by atoms with van der Waals surface area (Å²) in [5.74, 6) is 2.71.